The van der Waals surface area contributed by atoms with Crippen LogP contribution in [0.4, 0.5) is 18.9 Å². The highest BCUT2D eigenvalue weighted by Gasteiger charge is 2.32. The van der Waals surface area contributed by atoms with Gasteiger partial charge in [-0.2, -0.15) is 13.2 Å². The van der Waals surface area contributed by atoms with Crippen molar-refractivity contribution in [2.45, 2.75) is 39.9 Å². The van der Waals surface area contributed by atoms with Crippen LogP contribution in [0, 0.1) is 20.8 Å². The van der Waals surface area contributed by atoms with Crippen LogP contribution in [0.1, 0.15) is 39.7 Å². The topological polar surface area (TPSA) is 24.9 Å². The average molecular weight is 314 g/mol. The van der Waals surface area contributed by atoms with Gasteiger partial charge < -0.3 is 5.32 Å². The summed E-state index contributed by atoms with van der Waals surface area (Å²) in [6.45, 7) is 7.24. The molecule has 2 aromatic rings. The Morgan fingerprint density at radius 1 is 1.19 bits per heavy atom. The van der Waals surface area contributed by atoms with Crippen molar-refractivity contribution in [2.24, 2.45) is 0 Å². The average Bonchev–Trinajstić information content (AvgIpc) is 2.69. The summed E-state index contributed by atoms with van der Waals surface area (Å²) in [7, 11) is 0. The lowest BCUT2D eigenvalue weighted by Crippen LogP contribution is -2.11. The van der Waals surface area contributed by atoms with Gasteiger partial charge in [0.1, 0.15) is 0 Å². The molecule has 0 amide bonds. The number of thiazole rings is 1. The van der Waals surface area contributed by atoms with Crippen LogP contribution in [0.5, 0.6) is 0 Å². The normalized spacial score (nSPS) is 13.3. The van der Waals surface area contributed by atoms with Gasteiger partial charge in [0.15, 0.2) is 0 Å². The molecule has 0 bridgehead atoms. The number of anilines is 1. The molecule has 1 aromatic carbocycles. The molecule has 1 N–H and O–H groups in total. The van der Waals surface area contributed by atoms with Crippen molar-refractivity contribution in [3.8, 4) is 0 Å². The molecule has 6 heteroatoms. The van der Waals surface area contributed by atoms with Gasteiger partial charge in [0.05, 0.1) is 22.3 Å². The van der Waals surface area contributed by atoms with Crippen LogP contribution in [-0.2, 0) is 6.18 Å². The van der Waals surface area contributed by atoms with Gasteiger partial charge in [-0.25, -0.2) is 4.98 Å². The molecular weight excluding hydrogens is 297 g/mol. The predicted molar refractivity (Wildman–Crippen MR) is 79.8 cm³/mol. The van der Waals surface area contributed by atoms with Crippen molar-refractivity contribution in [3.63, 3.8) is 0 Å². The zero-order chi connectivity index (χ0) is 15.8. The molecule has 0 radical (unpaired) electrons. The zero-order valence-corrected chi connectivity index (χ0v) is 13.1. The molecule has 0 aliphatic heterocycles. The minimum atomic E-state index is -4.34. The Bertz CT molecular complexity index is 647. The fourth-order valence-electron chi connectivity index (χ4n) is 2.28. The first-order valence-corrected chi connectivity index (χ1v) is 7.38. The number of halogens is 3. The largest absolute Gasteiger partial charge is 0.416 e. The summed E-state index contributed by atoms with van der Waals surface area (Å²) >= 11 is 1.59. The van der Waals surface area contributed by atoms with E-state index in [0.717, 1.165) is 21.6 Å². The number of nitrogens with zero attached hydrogens (tertiary/aromatic N) is 1. The number of rotatable bonds is 3. The van der Waals surface area contributed by atoms with E-state index < -0.39 is 11.7 Å². The molecule has 1 atom stereocenters. The third-order valence-corrected chi connectivity index (χ3v) is 4.18. The second kappa shape index (κ2) is 5.67. The second-order valence-corrected chi connectivity index (χ2v) is 6.48. The molecule has 114 valence electrons. The van der Waals surface area contributed by atoms with Gasteiger partial charge in [0.2, 0.25) is 0 Å². The number of aryl methyl sites for hydroxylation is 3. The second-order valence-electron chi connectivity index (χ2n) is 5.07. The lowest BCUT2D eigenvalue weighted by Gasteiger charge is -2.17. The lowest BCUT2D eigenvalue weighted by molar-refractivity contribution is -0.138. The van der Waals surface area contributed by atoms with Crippen LogP contribution in [0.15, 0.2) is 18.2 Å². The highest BCUT2D eigenvalue weighted by Crippen LogP contribution is 2.34. The molecule has 1 heterocycles. The van der Waals surface area contributed by atoms with E-state index in [2.05, 4.69) is 10.3 Å². The SMILES string of the molecule is Cc1nc(C(C)Nc2ccc(C)c(C(F)(F)F)c2)c(C)s1. The number of benzene rings is 1. The van der Waals surface area contributed by atoms with Crippen LogP contribution < -0.4 is 5.32 Å². The molecule has 1 unspecified atom stereocenters. The van der Waals surface area contributed by atoms with Crippen molar-refractivity contribution in [1.29, 1.82) is 0 Å². The molecule has 0 spiro atoms. The van der Waals surface area contributed by atoms with E-state index in [1.165, 1.54) is 13.0 Å². The highest BCUT2D eigenvalue weighted by atomic mass is 32.1. The summed E-state index contributed by atoms with van der Waals surface area (Å²) in [6, 6.07) is 4.16. The monoisotopic (exact) mass is 314 g/mol. The number of hydrogen-bond acceptors (Lipinski definition) is 3. The maximum atomic E-state index is 12.9. The molecule has 0 saturated heterocycles. The van der Waals surface area contributed by atoms with Gasteiger partial charge in [-0.05, 0) is 45.4 Å². The molecule has 2 rings (SSSR count). The van der Waals surface area contributed by atoms with Gasteiger partial charge in [0.25, 0.3) is 0 Å². The molecular formula is C15H17F3N2S. The maximum Gasteiger partial charge on any atom is 0.416 e. The first-order valence-electron chi connectivity index (χ1n) is 6.57. The summed E-state index contributed by atoms with van der Waals surface area (Å²) in [6.07, 6.45) is -4.34. The lowest BCUT2D eigenvalue weighted by atomic mass is 10.1. The van der Waals surface area contributed by atoms with Crippen molar-refractivity contribution < 1.29 is 13.2 Å². The molecule has 0 aliphatic carbocycles. The van der Waals surface area contributed by atoms with Crippen LogP contribution in [0.3, 0.4) is 0 Å². The smallest absolute Gasteiger partial charge is 0.377 e. The minimum Gasteiger partial charge on any atom is -0.377 e. The first kappa shape index (κ1) is 15.8. The van der Waals surface area contributed by atoms with Gasteiger partial charge >= 0.3 is 6.18 Å². The summed E-state index contributed by atoms with van der Waals surface area (Å²) in [4.78, 5) is 5.51. The van der Waals surface area contributed by atoms with Gasteiger partial charge in [-0.1, -0.05) is 6.07 Å². The van der Waals surface area contributed by atoms with E-state index in [1.807, 2.05) is 20.8 Å². The number of hydrogen-bond donors (Lipinski definition) is 1. The summed E-state index contributed by atoms with van der Waals surface area (Å²) < 4.78 is 38.8. The highest BCUT2D eigenvalue weighted by molar-refractivity contribution is 7.11. The molecule has 2 nitrogen and oxygen atoms in total. The van der Waals surface area contributed by atoms with E-state index >= 15 is 0 Å². The molecule has 21 heavy (non-hydrogen) atoms. The predicted octanol–water partition coefficient (Wildman–Crippen LogP) is 5.26. The van der Waals surface area contributed by atoms with Gasteiger partial charge in [-0.3, -0.25) is 0 Å². The fourth-order valence-corrected chi connectivity index (χ4v) is 3.20. The van der Waals surface area contributed by atoms with Crippen molar-refractivity contribution in [1.82, 2.24) is 4.98 Å². The Balaban J connectivity index is 2.26. The van der Waals surface area contributed by atoms with Crippen LogP contribution >= 0.6 is 11.3 Å². The van der Waals surface area contributed by atoms with Crippen molar-refractivity contribution in [2.75, 3.05) is 5.32 Å². The first-order chi connectivity index (χ1) is 9.68. The Hall–Kier alpha value is -1.56. The van der Waals surface area contributed by atoms with Gasteiger partial charge in [0, 0.05) is 10.6 Å². The Kier molecular flexibility index (Phi) is 4.27. The molecule has 1 aromatic heterocycles. The van der Waals surface area contributed by atoms with E-state index in [4.69, 9.17) is 0 Å². The Labute approximate surface area is 126 Å². The van der Waals surface area contributed by atoms with Crippen LogP contribution in [0.25, 0.3) is 0 Å². The standard InChI is InChI=1S/C15H17F3N2S/c1-8-5-6-12(7-13(8)15(16,17)18)19-9(2)14-10(3)21-11(4)20-14/h5-7,9,19H,1-4H3. The summed E-state index contributed by atoms with van der Waals surface area (Å²) in [5, 5.41) is 4.05. The molecule has 0 fully saturated rings. The summed E-state index contributed by atoms with van der Waals surface area (Å²) in [5.41, 5.74) is 0.948. The Morgan fingerprint density at radius 3 is 2.38 bits per heavy atom. The third kappa shape index (κ3) is 3.56. The Morgan fingerprint density at radius 2 is 1.86 bits per heavy atom. The molecule has 0 saturated carbocycles. The number of alkyl halides is 3. The zero-order valence-electron chi connectivity index (χ0n) is 12.3. The van der Waals surface area contributed by atoms with Crippen LogP contribution in [0.2, 0.25) is 0 Å². The van der Waals surface area contributed by atoms with E-state index in [0.29, 0.717) is 5.69 Å². The summed E-state index contributed by atoms with van der Waals surface area (Å²) in [5.74, 6) is 0. The maximum absolute atomic E-state index is 12.9. The van der Waals surface area contributed by atoms with E-state index in [-0.39, 0.29) is 11.6 Å². The number of aromatic nitrogens is 1. The molecule has 0 aliphatic rings. The quantitative estimate of drug-likeness (QED) is 0.836. The van der Waals surface area contributed by atoms with Crippen molar-refractivity contribution >= 4 is 17.0 Å². The van der Waals surface area contributed by atoms with E-state index in [9.17, 15) is 13.2 Å². The number of nitrogens with one attached hydrogen (secondary N) is 1. The van der Waals surface area contributed by atoms with Crippen molar-refractivity contribution in [3.05, 3.63) is 44.9 Å². The van der Waals surface area contributed by atoms with E-state index in [1.54, 1.807) is 17.4 Å². The fraction of sp³-hybridized carbons (Fsp3) is 0.400. The van der Waals surface area contributed by atoms with Crippen LogP contribution in [-0.4, -0.2) is 4.98 Å². The van der Waals surface area contributed by atoms with Gasteiger partial charge in [-0.15, -0.1) is 11.3 Å². The minimum absolute atomic E-state index is 0.140. The third-order valence-electron chi connectivity index (χ3n) is 3.28.